The Hall–Kier alpha value is -0.870. The molecule has 1 fully saturated rings. The monoisotopic (exact) mass is 240 g/mol. The highest BCUT2D eigenvalue weighted by molar-refractivity contribution is 5.85. The van der Waals surface area contributed by atoms with E-state index in [2.05, 4.69) is 0 Å². The van der Waals surface area contributed by atoms with E-state index in [9.17, 15) is 10.0 Å². The first-order chi connectivity index (χ1) is 7.56. The molecule has 0 unspecified atom stereocenters. The van der Waals surface area contributed by atoms with Crippen molar-refractivity contribution in [3.8, 4) is 0 Å². The number of carbonyl (C=O) groups is 1. The molecule has 1 aliphatic heterocycles. The molecule has 1 heterocycles. The lowest BCUT2D eigenvalue weighted by atomic mass is 9.75. The Balaban J connectivity index is 2.93. The number of hydrogen-bond acceptors (Lipinski definition) is 2. The van der Waals surface area contributed by atoms with E-state index in [0.717, 1.165) is 5.06 Å². The second-order valence-electron chi connectivity index (χ2n) is 6.24. The van der Waals surface area contributed by atoms with Crippen molar-refractivity contribution >= 4 is 5.97 Å². The summed E-state index contributed by atoms with van der Waals surface area (Å²) < 4.78 is 0. The fourth-order valence-electron chi connectivity index (χ4n) is 2.88. The third-order valence-electron chi connectivity index (χ3n) is 3.45. The molecule has 0 amide bonds. The quantitative estimate of drug-likeness (QED) is 0.755. The van der Waals surface area contributed by atoms with Gasteiger partial charge in [-0.1, -0.05) is 6.08 Å². The summed E-state index contributed by atoms with van der Waals surface area (Å²) in [5.74, 6) is -0.730. The number of carboxylic acids is 1. The SMILES string of the molecule is CC(=CC1CC(C)(C)N([O])C(C)(C)C1)C(=O)O. The molecule has 4 nitrogen and oxygen atoms in total. The van der Waals surface area contributed by atoms with Crippen molar-refractivity contribution in [3.05, 3.63) is 11.6 Å². The van der Waals surface area contributed by atoms with E-state index in [1.807, 2.05) is 27.7 Å². The van der Waals surface area contributed by atoms with Crippen LogP contribution in [0.2, 0.25) is 0 Å². The molecule has 0 aromatic heterocycles. The maximum atomic E-state index is 12.1. The zero-order valence-electron chi connectivity index (χ0n) is 11.3. The first-order valence-corrected chi connectivity index (χ1v) is 5.95. The fraction of sp³-hybridized carbons (Fsp3) is 0.769. The van der Waals surface area contributed by atoms with Gasteiger partial charge in [0.25, 0.3) is 0 Å². The number of carboxylic acid groups (broad SMARTS) is 1. The molecule has 1 N–H and O–H groups in total. The average molecular weight is 240 g/mol. The Morgan fingerprint density at radius 1 is 1.24 bits per heavy atom. The lowest BCUT2D eigenvalue weighted by Gasteiger charge is -2.49. The van der Waals surface area contributed by atoms with E-state index < -0.39 is 17.0 Å². The normalized spacial score (nSPS) is 25.9. The van der Waals surface area contributed by atoms with Gasteiger partial charge in [0.1, 0.15) is 0 Å². The molecule has 0 aromatic carbocycles. The minimum Gasteiger partial charge on any atom is -0.478 e. The molecule has 0 saturated carbocycles. The van der Waals surface area contributed by atoms with Gasteiger partial charge in [-0.2, -0.15) is 0 Å². The van der Waals surface area contributed by atoms with E-state index in [4.69, 9.17) is 5.11 Å². The molecule has 0 aliphatic carbocycles. The van der Waals surface area contributed by atoms with Gasteiger partial charge in [0.15, 0.2) is 0 Å². The minimum atomic E-state index is -0.884. The van der Waals surface area contributed by atoms with Crippen molar-refractivity contribution in [2.24, 2.45) is 5.92 Å². The van der Waals surface area contributed by atoms with Crippen LogP contribution < -0.4 is 0 Å². The van der Waals surface area contributed by atoms with Crippen LogP contribution in [0.15, 0.2) is 11.6 Å². The highest BCUT2D eigenvalue weighted by Gasteiger charge is 2.45. The van der Waals surface area contributed by atoms with E-state index in [-0.39, 0.29) is 5.92 Å². The van der Waals surface area contributed by atoms with Crippen molar-refractivity contribution in [2.75, 3.05) is 0 Å². The molecule has 1 rings (SSSR count). The second kappa shape index (κ2) is 4.42. The molecule has 1 radical (unpaired) electrons. The first-order valence-electron chi connectivity index (χ1n) is 5.95. The van der Waals surface area contributed by atoms with Crippen LogP contribution in [0.3, 0.4) is 0 Å². The summed E-state index contributed by atoms with van der Waals surface area (Å²) in [6.07, 6.45) is 3.19. The number of allylic oxidation sites excluding steroid dienone is 1. The molecule has 17 heavy (non-hydrogen) atoms. The van der Waals surface area contributed by atoms with Crippen LogP contribution in [0.25, 0.3) is 0 Å². The van der Waals surface area contributed by atoms with Crippen molar-refractivity contribution in [1.82, 2.24) is 5.06 Å². The molecular formula is C13H22NO3. The van der Waals surface area contributed by atoms with Crippen LogP contribution in [0.5, 0.6) is 0 Å². The largest absolute Gasteiger partial charge is 0.478 e. The van der Waals surface area contributed by atoms with Crippen molar-refractivity contribution < 1.29 is 15.1 Å². The summed E-state index contributed by atoms with van der Waals surface area (Å²) >= 11 is 0. The summed E-state index contributed by atoms with van der Waals surface area (Å²) in [4.78, 5) is 10.8. The maximum Gasteiger partial charge on any atom is 0.330 e. The van der Waals surface area contributed by atoms with Crippen LogP contribution in [-0.2, 0) is 10.0 Å². The Bertz CT molecular complexity index is 327. The Kier molecular flexibility index (Phi) is 3.69. The van der Waals surface area contributed by atoms with Gasteiger partial charge < -0.3 is 5.11 Å². The Morgan fingerprint density at radius 3 is 2.00 bits per heavy atom. The molecule has 1 saturated heterocycles. The van der Waals surface area contributed by atoms with Crippen LogP contribution in [0.1, 0.15) is 47.5 Å². The van der Waals surface area contributed by atoms with Gasteiger partial charge in [0, 0.05) is 16.7 Å². The first kappa shape index (κ1) is 14.2. The highest BCUT2D eigenvalue weighted by Crippen LogP contribution is 2.40. The van der Waals surface area contributed by atoms with Crippen LogP contribution in [-0.4, -0.2) is 27.2 Å². The Morgan fingerprint density at radius 2 is 1.65 bits per heavy atom. The molecule has 0 bridgehead atoms. The molecular weight excluding hydrogens is 218 g/mol. The molecule has 1 aliphatic rings. The van der Waals surface area contributed by atoms with Gasteiger partial charge in [-0.05, 0) is 53.4 Å². The topological polar surface area (TPSA) is 60.4 Å². The number of rotatable bonds is 2. The van der Waals surface area contributed by atoms with Crippen LogP contribution in [0.4, 0.5) is 0 Å². The van der Waals surface area contributed by atoms with E-state index in [1.54, 1.807) is 13.0 Å². The second-order valence-corrected chi connectivity index (χ2v) is 6.24. The van der Waals surface area contributed by atoms with Gasteiger partial charge in [-0.25, -0.2) is 4.79 Å². The zero-order chi connectivity index (χ0) is 13.4. The summed E-state index contributed by atoms with van der Waals surface area (Å²) in [6.45, 7) is 9.26. The van der Waals surface area contributed by atoms with Crippen molar-refractivity contribution in [1.29, 1.82) is 0 Å². The summed E-state index contributed by atoms with van der Waals surface area (Å²) in [6, 6.07) is 0. The number of hydroxylamine groups is 2. The summed E-state index contributed by atoms with van der Waals surface area (Å²) in [5.41, 5.74) is -0.524. The third-order valence-corrected chi connectivity index (χ3v) is 3.45. The van der Waals surface area contributed by atoms with Gasteiger partial charge in [-0.3, -0.25) is 0 Å². The number of aliphatic carboxylic acids is 1. The van der Waals surface area contributed by atoms with Gasteiger partial charge in [-0.15, -0.1) is 10.3 Å². The smallest absolute Gasteiger partial charge is 0.330 e. The predicted molar refractivity (Wildman–Crippen MR) is 64.8 cm³/mol. The maximum absolute atomic E-state index is 12.1. The molecule has 97 valence electrons. The number of nitrogens with zero attached hydrogens (tertiary/aromatic N) is 1. The van der Waals surface area contributed by atoms with E-state index >= 15 is 0 Å². The number of piperidine rings is 1. The molecule has 0 aromatic rings. The fourth-order valence-corrected chi connectivity index (χ4v) is 2.88. The molecule has 0 atom stereocenters. The van der Waals surface area contributed by atoms with Crippen molar-refractivity contribution in [2.45, 2.75) is 58.5 Å². The lowest BCUT2D eigenvalue weighted by molar-refractivity contribution is -0.291. The van der Waals surface area contributed by atoms with Gasteiger partial charge in [0.05, 0.1) is 0 Å². The number of hydrogen-bond donors (Lipinski definition) is 1. The minimum absolute atomic E-state index is 0.154. The lowest BCUT2D eigenvalue weighted by Crippen LogP contribution is -2.58. The van der Waals surface area contributed by atoms with E-state index in [0.29, 0.717) is 18.4 Å². The molecule has 4 heteroatoms. The summed E-state index contributed by atoms with van der Waals surface area (Å²) in [5, 5.41) is 22.2. The summed E-state index contributed by atoms with van der Waals surface area (Å²) in [7, 11) is 0. The van der Waals surface area contributed by atoms with Crippen LogP contribution >= 0.6 is 0 Å². The van der Waals surface area contributed by atoms with Crippen molar-refractivity contribution in [3.63, 3.8) is 0 Å². The predicted octanol–water partition coefficient (Wildman–Crippen LogP) is 2.63. The molecule has 0 spiro atoms. The van der Waals surface area contributed by atoms with E-state index in [1.165, 1.54) is 0 Å². The highest BCUT2D eigenvalue weighted by atomic mass is 16.5. The third kappa shape index (κ3) is 3.07. The zero-order valence-corrected chi connectivity index (χ0v) is 11.3. The van der Waals surface area contributed by atoms with Crippen LogP contribution in [0, 0.1) is 5.92 Å². The average Bonchev–Trinajstić information content (AvgIpc) is 2.12. The van der Waals surface area contributed by atoms with Gasteiger partial charge in [0.2, 0.25) is 0 Å². The van der Waals surface area contributed by atoms with Gasteiger partial charge >= 0.3 is 5.97 Å². The Labute approximate surface area is 103 Å². The standard InChI is InChI=1S/C13H22NO3/c1-9(11(15)16)6-10-7-12(2,3)14(17)13(4,5)8-10/h6,10H,7-8H2,1-5H3,(H,15,16).